The molecule has 176 valence electrons. The summed E-state index contributed by atoms with van der Waals surface area (Å²) >= 11 is 6.10. The fourth-order valence-electron chi connectivity index (χ4n) is 4.40. The lowest BCUT2D eigenvalue weighted by Crippen LogP contribution is -2.35. The molecule has 0 saturated carbocycles. The van der Waals surface area contributed by atoms with Gasteiger partial charge >= 0.3 is 0 Å². The summed E-state index contributed by atoms with van der Waals surface area (Å²) < 4.78 is 10.9. The zero-order valence-electron chi connectivity index (χ0n) is 19.2. The van der Waals surface area contributed by atoms with Crippen LogP contribution in [0.5, 0.6) is 11.5 Å². The van der Waals surface area contributed by atoms with Gasteiger partial charge in [0.05, 0.1) is 20.1 Å². The Hall–Kier alpha value is -3.51. The molecule has 1 aliphatic heterocycles. The molecule has 1 fully saturated rings. The number of hydrogen-bond donors (Lipinski definition) is 1. The molecule has 2 atom stereocenters. The Kier molecular flexibility index (Phi) is 7.38. The van der Waals surface area contributed by atoms with Crippen LogP contribution >= 0.6 is 11.6 Å². The van der Waals surface area contributed by atoms with E-state index in [1.807, 2.05) is 42.5 Å². The van der Waals surface area contributed by atoms with Gasteiger partial charge in [0, 0.05) is 47.8 Å². The molecule has 0 bridgehead atoms. The van der Waals surface area contributed by atoms with Gasteiger partial charge in [-0.15, -0.1) is 0 Å². The second-order valence-electron chi connectivity index (χ2n) is 8.24. The van der Waals surface area contributed by atoms with Crippen LogP contribution in [0.25, 0.3) is 0 Å². The van der Waals surface area contributed by atoms with Crippen LogP contribution in [0.2, 0.25) is 5.02 Å². The minimum Gasteiger partial charge on any atom is -0.497 e. The second kappa shape index (κ2) is 10.6. The molecule has 34 heavy (non-hydrogen) atoms. The number of ether oxygens (including phenoxy) is 2. The molecule has 1 saturated heterocycles. The minimum absolute atomic E-state index is 0.104. The van der Waals surface area contributed by atoms with Crippen LogP contribution < -0.4 is 14.8 Å². The summed E-state index contributed by atoms with van der Waals surface area (Å²) in [6.07, 6.45) is 0. The van der Waals surface area contributed by atoms with E-state index in [-0.39, 0.29) is 17.7 Å². The van der Waals surface area contributed by atoms with Crippen LogP contribution in [-0.2, 0) is 11.3 Å². The number of nitrogens with one attached hydrogen (secondary N) is 1. The zero-order chi connectivity index (χ0) is 24.1. The number of carbonyl (C=O) groups excluding carboxylic acids is 2. The van der Waals surface area contributed by atoms with Gasteiger partial charge in [-0.3, -0.25) is 9.59 Å². The van der Waals surface area contributed by atoms with Gasteiger partial charge in [-0.1, -0.05) is 54.1 Å². The summed E-state index contributed by atoms with van der Waals surface area (Å²) in [4.78, 5) is 28.3. The van der Waals surface area contributed by atoms with Crippen molar-refractivity contribution in [2.75, 3.05) is 27.3 Å². The van der Waals surface area contributed by atoms with E-state index >= 15 is 0 Å². The van der Waals surface area contributed by atoms with Gasteiger partial charge < -0.3 is 19.7 Å². The highest BCUT2D eigenvalue weighted by Gasteiger charge is 2.41. The lowest BCUT2D eigenvalue weighted by Gasteiger charge is -2.21. The SMILES string of the molecule is COc1ccc(C2CN(C(=O)c3cccc(Cl)c3)CC2C(=O)NCc2ccccc2)c(OC)c1. The molecule has 1 heterocycles. The molecular weight excluding hydrogens is 452 g/mol. The van der Waals surface area contributed by atoms with Crippen LogP contribution in [0.1, 0.15) is 27.4 Å². The maximum atomic E-state index is 13.3. The average molecular weight is 479 g/mol. The third-order valence-electron chi connectivity index (χ3n) is 6.17. The maximum Gasteiger partial charge on any atom is 0.253 e. The summed E-state index contributed by atoms with van der Waals surface area (Å²) in [7, 11) is 3.18. The molecule has 4 rings (SSSR count). The van der Waals surface area contributed by atoms with E-state index in [4.69, 9.17) is 21.1 Å². The van der Waals surface area contributed by atoms with Crippen molar-refractivity contribution in [2.45, 2.75) is 12.5 Å². The highest BCUT2D eigenvalue weighted by molar-refractivity contribution is 6.30. The molecule has 0 radical (unpaired) electrons. The van der Waals surface area contributed by atoms with E-state index in [1.54, 1.807) is 49.5 Å². The van der Waals surface area contributed by atoms with Crippen LogP contribution in [0.15, 0.2) is 72.8 Å². The molecule has 0 aromatic heterocycles. The molecule has 3 aromatic rings. The zero-order valence-corrected chi connectivity index (χ0v) is 19.9. The van der Waals surface area contributed by atoms with Crippen molar-refractivity contribution in [3.63, 3.8) is 0 Å². The van der Waals surface area contributed by atoms with Gasteiger partial charge in [-0.05, 0) is 29.8 Å². The molecule has 7 heteroatoms. The van der Waals surface area contributed by atoms with Crippen molar-refractivity contribution in [1.82, 2.24) is 10.2 Å². The topological polar surface area (TPSA) is 67.9 Å². The summed E-state index contributed by atoms with van der Waals surface area (Å²) in [5.74, 6) is 0.359. The number of methoxy groups -OCH3 is 2. The molecule has 0 spiro atoms. The number of benzene rings is 3. The van der Waals surface area contributed by atoms with Gasteiger partial charge in [0.2, 0.25) is 5.91 Å². The smallest absolute Gasteiger partial charge is 0.253 e. The molecule has 3 aromatic carbocycles. The Morgan fingerprint density at radius 3 is 2.47 bits per heavy atom. The van der Waals surface area contributed by atoms with Crippen LogP contribution in [0.3, 0.4) is 0 Å². The number of rotatable bonds is 7. The third kappa shape index (κ3) is 5.18. The average Bonchev–Trinajstić information content (AvgIpc) is 3.32. The van der Waals surface area contributed by atoms with Crippen molar-refractivity contribution >= 4 is 23.4 Å². The Labute approximate surface area is 204 Å². The van der Waals surface area contributed by atoms with Crippen molar-refractivity contribution in [1.29, 1.82) is 0 Å². The third-order valence-corrected chi connectivity index (χ3v) is 6.40. The second-order valence-corrected chi connectivity index (χ2v) is 8.68. The molecule has 1 aliphatic rings. The molecule has 0 aliphatic carbocycles. The first-order valence-corrected chi connectivity index (χ1v) is 11.5. The van der Waals surface area contributed by atoms with E-state index in [2.05, 4.69) is 5.32 Å². The fourth-order valence-corrected chi connectivity index (χ4v) is 4.59. The maximum absolute atomic E-state index is 13.3. The van der Waals surface area contributed by atoms with E-state index in [9.17, 15) is 9.59 Å². The standard InChI is InChI=1S/C27H27ClN2O4/c1-33-21-11-12-22(25(14-21)34-2)23-16-30(27(32)19-9-6-10-20(28)13-19)17-24(23)26(31)29-15-18-7-4-3-5-8-18/h3-14,23-24H,15-17H2,1-2H3,(H,29,31). The lowest BCUT2D eigenvalue weighted by atomic mass is 9.87. The Morgan fingerprint density at radius 2 is 1.76 bits per heavy atom. The van der Waals surface area contributed by atoms with Crippen molar-refractivity contribution in [3.05, 3.63) is 94.5 Å². The normalized spacial score (nSPS) is 17.3. The minimum atomic E-state index is -0.436. The monoisotopic (exact) mass is 478 g/mol. The number of hydrogen-bond acceptors (Lipinski definition) is 4. The molecule has 2 unspecified atom stereocenters. The fraction of sp³-hybridized carbons (Fsp3) is 0.259. The first-order valence-electron chi connectivity index (χ1n) is 11.1. The first kappa shape index (κ1) is 23.6. The molecular formula is C27H27ClN2O4. The van der Waals surface area contributed by atoms with Crippen LogP contribution in [0, 0.1) is 5.92 Å². The lowest BCUT2D eigenvalue weighted by molar-refractivity contribution is -0.125. The van der Waals surface area contributed by atoms with E-state index in [0.717, 1.165) is 11.1 Å². The summed E-state index contributed by atoms with van der Waals surface area (Å²) in [6.45, 7) is 1.11. The largest absolute Gasteiger partial charge is 0.497 e. The number of carbonyl (C=O) groups is 2. The molecule has 2 amide bonds. The van der Waals surface area contributed by atoms with Crippen LogP contribution in [0.4, 0.5) is 0 Å². The quantitative estimate of drug-likeness (QED) is 0.541. The summed E-state index contributed by atoms with van der Waals surface area (Å²) in [5, 5.41) is 3.54. The number of amides is 2. The Bertz CT molecular complexity index is 1170. The summed E-state index contributed by atoms with van der Waals surface area (Å²) in [5.41, 5.74) is 2.38. The number of likely N-dealkylation sites (tertiary alicyclic amines) is 1. The van der Waals surface area contributed by atoms with Gasteiger partial charge in [0.1, 0.15) is 11.5 Å². The highest BCUT2D eigenvalue weighted by atomic mass is 35.5. The van der Waals surface area contributed by atoms with Crippen molar-refractivity contribution in [2.24, 2.45) is 5.92 Å². The van der Waals surface area contributed by atoms with E-state index in [1.165, 1.54) is 0 Å². The van der Waals surface area contributed by atoms with Gasteiger partial charge in [-0.2, -0.15) is 0 Å². The number of nitrogens with zero attached hydrogens (tertiary/aromatic N) is 1. The Morgan fingerprint density at radius 1 is 0.971 bits per heavy atom. The van der Waals surface area contributed by atoms with E-state index < -0.39 is 5.92 Å². The van der Waals surface area contributed by atoms with Gasteiger partial charge in [-0.25, -0.2) is 0 Å². The Balaban J connectivity index is 1.61. The highest BCUT2D eigenvalue weighted by Crippen LogP contribution is 2.40. The summed E-state index contributed by atoms with van der Waals surface area (Å²) in [6, 6.07) is 22.2. The predicted molar refractivity (Wildman–Crippen MR) is 131 cm³/mol. The van der Waals surface area contributed by atoms with E-state index in [0.29, 0.717) is 41.7 Å². The molecule has 1 N–H and O–H groups in total. The molecule has 6 nitrogen and oxygen atoms in total. The first-order chi connectivity index (χ1) is 16.5. The van der Waals surface area contributed by atoms with Crippen molar-refractivity contribution in [3.8, 4) is 11.5 Å². The van der Waals surface area contributed by atoms with Gasteiger partial charge in [0.15, 0.2) is 0 Å². The van der Waals surface area contributed by atoms with Gasteiger partial charge in [0.25, 0.3) is 5.91 Å². The van der Waals surface area contributed by atoms with Crippen molar-refractivity contribution < 1.29 is 19.1 Å². The van der Waals surface area contributed by atoms with Crippen LogP contribution in [-0.4, -0.2) is 44.0 Å². The predicted octanol–water partition coefficient (Wildman–Crippen LogP) is 4.53. The number of halogens is 1.